The van der Waals surface area contributed by atoms with Crippen molar-refractivity contribution in [3.63, 3.8) is 0 Å². The average Bonchev–Trinajstić information content (AvgIpc) is 2.38. The topological polar surface area (TPSA) is 89.2 Å². The molecule has 1 aliphatic rings. The second-order valence-corrected chi connectivity index (χ2v) is 5.06. The van der Waals surface area contributed by atoms with Gasteiger partial charge >= 0.3 is 0 Å². The highest BCUT2D eigenvalue weighted by molar-refractivity contribution is 6.32. The first-order chi connectivity index (χ1) is 9.04. The van der Waals surface area contributed by atoms with E-state index in [0.717, 1.165) is 12.8 Å². The molecule has 2 heterocycles. The summed E-state index contributed by atoms with van der Waals surface area (Å²) in [5, 5.41) is 0.119. The summed E-state index contributed by atoms with van der Waals surface area (Å²) in [5.74, 6) is -0.0948. The molecule has 0 radical (unpaired) electrons. The first-order valence-corrected chi connectivity index (χ1v) is 6.44. The molecule has 2 rings (SSSR count). The van der Waals surface area contributed by atoms with Gasteiger partial charge in [0.25, 0.3) is 0 Å². The van der Waals surface area contributed by atoms with Crippen LogP contribution in [0.3, 0.4) is 0 Å². The number of hydrogen-bond donors (Lipinski definition) is 1. The highest BCUT2D eigenvalue weighted by Gasteiger charge is 2.31. The molecule has 102 valence electrons. The van der Waals surface area contributed by atoms with Gasteiger partial charge in [0, 0.05) is 12.6 Å². The molecule has 2 unspecified atom stereocenters. The van der Waals surface area contributed by atoms with Crippen molar-refractivity contribution in [3.05, 3.63) is 17.0 Å². The van der Waals surface area contributed by atoms with E-state index in [1.54, 1.807) is 0 Å². The fourth-order valence-electron chi connectivity index (χ4n) is 2.33. The van der Waals surface area contributed by atoms with Crippen LogP contribution in [-0.4, -0.2) is 34.7 Å². The van der Waals surface area contributed by atoms with E-state index in [1.807, 2.05) is 11.8 Å². The molecule has 0 aromatic carbocycles. The number of aromatic nitrogens is 2. The molecule has 1 fully saturated rings. The van der Waals surface area contributed by atoms with Crippen molar-refractivity contribution in [3.8, 4) is 0 Å². The van der Waals surface area contributed by atoms with Crippen molar-refractivity contribution < 1.29 is 9.59 Å². The van der Waals surface area contributed by atoms with Gasteiger partial charge in [-0.25, -0.2) is 9.97 Å². The van der Waals surface area contributed by atoms with Crippen LogP contribution in [0.5, 0.6) is 0 Å². The van der Waals surface area contributed by atoms with Crippen LogP contribution in [0.1, 0.15) is 30.1 Å². The zero-order chi connectivity index (χ0) is 14.0. The van der Waals surface area contributed by atoms with Crippen LogP contribution in [0.25, 0.3) is 0 Å². The van der Waals surface area contributed by atoms with Crippen LogP contribution in [0, 0.1) is 5.92 Å². The smallest absolute Gasteiger partial charge is 0.222 e. The summed E-state index contributed by atoms with van der Waals surface area (Å²) < 4.78 is 0. The molecule has 2 atom stereocenters. The third kappa shape index (κ3) is 2.68. The van der Waals surface area contributed by atoms with Crippen molar-refractivity contribution >= 4 is 29.6 Å². The Morgan fingerprint density at radius 2 is 2.26 bits per heavy atom. The quantitative estimate of drug-likeness (QED) is 0.661. The Bertz CT molecular complexity index is 509. The highest BCUT2D eigenvalue weighted by atomic mass is 35.5. The number of nitrogens with two attached hydrogens (primary N) is 1. The summed E-state index contributed by atoms with van der Waals surface area (Å²) in [6, 6.07) is 0.167. The number of aldehydes is 1. The molecule has 1 aromatic rings. The van der Waals surface area contributed by atoms with E-state index in [-0.39, 0.29) is 28.6 Å². The van der Waals surface area contributed by atoms with Crippen LogP contribution in [0.15, 0.2) is 6.33 Å². The number of piperidine rings is 1. The average molecular weight is 283 g/mol. The van der Waals surface area contributed by atoms with Crippen molar-refractivity contribution in [2.24, 2.45) is 11.7 Å². The zero-order valence-corrected chi connectivity index (χ0v) is 11.3. The number of carbonyl (C=O) groups is 2. The Morgan fingerprint density at radius 1 is 1.53 bits per heavy atom. The third-order valence-corrected chi connectivity index (χ3v) is 3.79. The molecule has 0 bridgehead atoms. The van der Waals surface area contributed by atoms with E-state index in [2.05, 4.69) is 9.97 Å². The predicted octanol–water partition coefficient (Wildman–Crippen LogP) is 1.03. The highest BCUT2D eigenvalue weighted by Crippen LogP contribution is 2.29. The van der Waals surface area contributed by atoms with Crippen molar-refractivity contribution in [1.82, 2.24) is 9.97 Å². The molecule has 7 heteroatoms. The van der Waals surface area contributed by atoms with E-state index in [1.165, 1.54) is 6.33 Å². The normalized spacial score (nSPS) is 23.2. The van der Waals surface area contributed by atoms with Crippen molar-refractivity contribution in [2.45, 2.75) is 25.8 Å². The van der Waals surface area contributed by atoms with Crippen LogP contribution in [-0.2, 0) is 4.79 Å². The molecule has 0 aliphatic carbocycles. The maximum atomic E-state index is 11.3. The summed E-state index contributed by atoms with van der Waals surface area (Å²) in [6.45, 7) is 2.46. The Labute approximate surface area is 116 Å². The fraction of sp³-hybridized carbons (Fsp3) is 0.500. The number of hydrogen-bond acceptors (Lipinski definition) is 5. The Balaban J connectivity index is 2.36. The lowest BCUT2D eigenvalue weighted by Gasteiger charge is -2.38. The summed E-state index contributed by atoms with van der Waals surface area (Å²) in [4.78, 5) is 32.3. The van der Waals surface area contributed by atoms with Crippen LogP contribution in [0.2, 0.25) is 5.15 Å². The first-order valence-electron chi connectivity index (χ1n) is 6.06. The number of primary amides is 1. The minimum absolute atomic E-state index is 0.119. The van der Waals surface area contributed by atoms with Gasteiger partial charge in [-0.05, 0) is 19.8 Å². The first kappa shape index (κ1) is 13.7. The van der Waals surface area contributed by atoms with Crippen LogP contribution in [0.4, 0.5) is 5.82 Å². The van der Waals surface area contributed by atoms with E-state index >= 15 is 0 Å². The largest absolute Gasteiger partial charge is 0.369 e. The molecule has 0 spiro atoms. The Hall–Kier alpha value is -1.69. The second kappa shape index (κ2) is 5.52. The summed E-state index contributed by atoms with van der Waals surface area (Å²) in [6.07, 6.45) is 3.51. The summed E-state index contributed by atoms with van der Waals surface area (Å²) >= 11 is 5.89. The van der Waals surface area contributed by atoms with Gasteiger partial charge in [-0.15, -0.1) is 0 Å². The molecule has 6 nitrogen and oxygen atoms in total. The molecule has 0 saturated carbocycles. The van der Waals surface area contributed by atoms with Gasteiger partial charge < -0.3 is 10.6 Å². The molecule has 19 heavy (non-hydrogen) atoms. The fourth-order valence-corrected chi connectivity index (χ4v) is 2.50. The molecule has 1 saturated heterocycles. The molecule has 1 aliphatic heterocycles. The van der Waals surface area contributed by atoms with Gasteiger partial charge in [-0.2, -0.15) is 0 Å². The van der Waals surface area contributed by atoms with Gasteiger partial charge in [0.1, 0.15) is 17.3 Å². The minimum Gasteiger partial charge on any atom is -0.369 e. The molecule has 1 aromatic heterocycles. The standard InChI is InChI=1S/C12H15ClN4O2/c1-7-2-3-8(11(14)19)4-17(7)12-9(5-18)10(13)15-6-16-12/h5-8H,2-4H2,1H3,(H2,14,19). The number of nitrogens with zero attached hydrogens (tertiary/aromatic N) is 3. The zero-order valence-electron chi connectivity index (χ0n) is 10.5. The third-order valence-electron chi connectivity index (χ3n) is 3.49. The van der Waals surface area contributed by atoms with E-state index in [0.29, 0.717) is 18.6 Å². The molecule has 2 N–H and O–H groups in total. The van der Waals surface area contributed by atoms with Gasteiger partial charge in [-0.3, -0.25) is 9.59 Å². The lowest BCUT2D eigenvalue weighted by Crippen LogP contribution is -2.46. The lowest BCUT2D eigenvalue weighted by molar-refractivity contribution is -0.122. The van der Waals surface area contributed by atoms with Gasteiger partial charge in [0.15, 0.2) is 6.29 Å². The van der Waals surface area contributed by atoms with Crippen molar-refractivity contribution in [1.29, 1.82) is 0 Å². The SMILES string of the molecule is CC1CCC(C(N)=O)CN1c1ncnc(Cl)c1C=O. The van der Waals surface area contributed by atoms with Crippen LogP contribution < -0.4 is 10.6 Å². The van der Waals surface area contributed by atoms with Gasteiger partial charge in [0.05, 0.1) is 11.5 Å². The number of halogens is 1. The predicted molar refractivity (Wildman–Crippen MR) is 71.2 cm³/mol. The molecular formula is C12H15ClN4O2. The van der Waals surface area contributed by atoms with Gasteiger partial charge in [-0.1, -0.05) is 11.6 Å². The minimum atomic E-state index is -0.329. The maximum absolute atomic E-state index is 11.3. The number of anilines is 1. The van der Waals surface area contributed by atoms with Crippen LogP contribution >= 0.6 is 11.6 Å². The van der Waals surface area contributed by atoms with E-state index < -0.39 is 0 Å². The second-order valence-electron chi connectivity index (χ2n) is 4.70. The lowest BCUT2D eigenvalue weighted by atomic mass is 9.92. The monoisotopic (exact) mass is 282 g/mol. The van der Waals surface area contributed by atoms with E-state index in [4.69, 9.17) is 17.3 Å². The molecule has 1 amide bonds. The number of rotatable bonds is 3. The Morgan fingerprint density at radius 3 is 2.89 bits per heavy atom. The van der Waals surface area contributed by atoms with Crippen molar-refractivity contribution in [2.75, 3.05) is 11.4 Å². The number of amides is 1. The molecular weight excluding hydrogens is 268 g/mol. The number of carbonyl (C=O) groups excluding carboxylic acids is 2. The summed E-state index contributed by atoms with van der Waals surface area (Å²) in [7, 11) is 0. The Kier molecular flexibility index (Phi) is 3.99. The van der Waals surface area contributed by atoms with Gasteiger partial charge in [0.2, 0.25) is 5.91 Å². The summed E-state index contributed by atoms with van der Waals surface area (Å²) in [5.41, 5.74) is 5.61. The van der Waals surface area contributed by atoms with E-state index in [9.17, 15) is 9.59 Å². The maximum Gasteiger partial charge on any atom is 0.222 e.